The van der Waals surface area contributed by atoms with Crippen LogP contribution in [-0.4, -0.2) is 5.11 Å². The van der Waals surface area contributed by atoms with Crippen LogP contribution in [0.2, 0.25) is 5.02 Å². The minimum Gasteiger partial charge on any atom is -0.508 e. The number of hydrogen-bond donors (Lipinski definition) is 2. The standard InChI is InChI=1S/C13H10BrClFNO/c14-10-6-8(16)4-5-12(10)17-7-9-11(15)2-1-3-13(9)18/h1-6,17-18H,7H2. The van der Waals surface area contributed by atoms with Gasteiger partial charge in [-0.3, -0.25) is 0 Å². The van der Waals surface area contributed by atoms with Crippen LogP contribution in [0.1, 0.15) is 5.56 Å². The quantitative estimate of drug-likeness (QED) is 0.864. The molecular weight excluding hydrogens is 321 g/mol. The van der Waals surface area contributed by atoms with Gasteiger partial charge in [-0.25, -0.2) is 4.39 Å². The van der Waals surface area contributed by atoms with Gasteiger partial charge in [0.15, 0.2) is 0 Å². The SMILES string of the molecule is Oc1cccc(Cl)c1CNc1ccc(F)cc1Br. The zero-order valence-corrected chi connectivity index (χ0v) is 11.6. The van der Waals surface area contributed by atoms with Gasteiger partial charge in [-0.05, 0) is 46.3 Å². The van der Waals surface area contributed by atoms with Crippen molar-refractivity contribution in [3.8, 4) is 5.75 Å². The second kappa shape index (κ2) is 5.59. The van der Waals surface area contributed by atoms with Crippen molar-refractivity contribution in [2.45, 2.75) is 6.54 Å². The highest BCUT2D eigenvalue weighted by Crippen LogP contribution is 2.28. The molecule has 2 rings (SSSR count). The monoisotopic (exact) mass is 329 g/mol. The molecule has 0 aliphatic heterocycles. The number of phenolic OH excluding ortho intramolecular Hbond substituents is 1. The van der Waals surface area contributed by atoms with Crippen LogP contribution >= 0.6 is 27.5 Å². The maximum Gasteiger partial charge on any atom is 0.124 e. The lowest BCUT2D eigenvalue weighted by Gasteiger charge is -2.11. The molecular formula is C13H10BrClFNO. The van der Waals surface area contributed by atoms with Crippen LogP contribution < -0.4 is 5.32 Å². The Morgan fingerprint density at radius 2 is 2.06 bits per heavy atom. The van der Waals surface area contributed by atoms with Crippen LogP contribution in [0, 0.1) is 5.82 Å². The van der Waals surface area contributed by atoms with Gasteiger partial charge in [-0.1, -0.05) is 17.7 Å². The van der Waals surface area contributed by atoms with Crippen LogP contribution in [0.15, 0.2) is 40.9 Å². The molecule has 2 aromatic carbocycles. The van der Waals surface area contributed by atoms with Crippen LogP contribution in [0.3, 0.4) is 0 Å². The summed E-state index contributed by atoms with van der Waals surface area (Å²) in [5.74, 6) is -0.179. The van der Waals surface area contributed by atoms with Gasteiger partial charge in [-0.2, -0.15) is 0 Å². The Bertz CT molecular complexity index is 557. The van der Waals surface area contributed by atoms with Crippen molar-refractivity contribution in [2.75, 3.05) is 5.32 Å². The zero-order chi connectivity index (χ0) is 13.1. The number of nitrogens with one attached hydrogen (secondary N) is 1. The van der Waals surface area contributed by atoms with Crippen LogP contribution in [0.4, 0.5) is 10.1 Å². The second-order valence-corrected chi connectivity index (χ2v) is 4.98. The molecule has 0 saturated carbocycles. The average Bonchev–Trinajstić information content (AvgIpc) is 2.31. The Kier molecular flexibility index (Phi) is 4.09. The molecule has 94 valence electrons. The van der Waals surface area contributed by atoms with E-state index < -0.39 is 0 Å². The number of rotatable bonds is 3. The Labute approximate surface area is 118 Å². The molecule has 5 heteroatoms. The lowest BCUT2D eigenvalue weighted by molar-refractivity contribution is 0.469. The minimum atomic E-state index is -0.312. The molecule has 0 heterocycles. The third kappa shape index (κ3) is 2.94. The van der Waals surface area contributed by atoms with Gasteiger partial charge < -0.3 is 10.4 Å². The molecule has 0 bridgehead atoms. The minimum absolute atomic E-state index is 0.133. The Morgan fingerprint density at radius 3 is 2.72 bits per heavy atom. The average molecular weight is 331 g/mol. The van der Waals surface area contributed by atoms with E-state index in [4.69, 9.17) is 11.6 Å². The van der Waals surface area contributed by atoms with Gasteiger partial charge in [0.2, 0.25) is 0 Å². The molecule has 0 atom stereocenters. The summed E-state index contributed by atoms with van der Waals surface area (Å²) < 4.78 is 13.5. The molecule has 0 aliphatic rings. The van der Waals surface area contributed by atoms with E-state index in [-0.39, 0.29) is 11.6 Å². The Balaban J connectivity index is 2.16. The van der Waals surface area contributed by atoms with Crippen molar-refractivity contribution >= 4 is 33.2 Å². The van der Waals surface area contributed by atoms with E-state index in [0.29, 0.717) is 21.6 Å². The maximum absolute atomic E-state index is 12.9. The predicted octanol–water partition coefficient (Wildman–Crippen LogP) is 4.56. The zero-order valence-electron chi connectivity index (χ0n) is 9.25. The summed E-state index contributed by atoms with van der Waals surface area (Å²) in [6.07, 6.45) is 0. The largest absolute Gasteiger partial charge is 0.508 e. The molecule has 0 aliphatic carbocycles. The summed E-state index contributed by atoms with van der Waals surface area (Å²) in [6, 6.07) is 9.30. The molecule has 0 saturated heterocycles. The predicted molar refractivity (Wildman–Crippen MR) is 74.5 cm³/mol. The smallest absolute Gasteiger partial charge is 0.124 e. The summed E-state index contributed by atoms with van der Waals surface area (Å²) in [7, 11) is 0. The lowest BCUT2D eigenvalue weighted by Crippen LogP contribution is -2.01. The number of benzene rings is 2. The van der Waals surface area contributed by atoms with Crippen LogP contribution in [-0.2, 0) is 6.54 Å². The van der Waals surface area contributed by atoms with E-state index in [2.05, 4.69) is 21.2 Å². The molecule has 18 heavy (non-hydrogen) atoms. The van der Waals surface area contributed by atoms with Gasteiger partial charge in [0, 0.05) is 27.3 Å². The molecule has 0 fully saturated rings. The highest BCUT2D eigenvalue weighted by molar-refractivity contribution is 9.10. The van der Waals surface area contributed by atoms with Crippen molar-refractivity contribution in [2.24, 2.45) is 0 Å². The summed E-state index contributed by atoms with van der Waals surface area (Å²) in [5, 5.41) is 13.3. The maximum atomic E-state index is 12.9. The third-order valence-corrected chi connectivity index (χ3v) is 3.49. The Morgan fingerprint density at radius 1 is 1.28 bits per heavy atom. The number of halogens is 3. The molecule has 0 amide bonds. The number of phenols is 1. The second-order valence-electron chi connectivity index (χ2n) is 3.72. The van der Waals surface area contributed by atoms with Crippen molar-refractivity contribution < 1.29 is 9.50 Å². The van der Waals surface area contributed by atoms with Crippen molar-refractivity contribution in [3.05, 3.63) is 57.3 Å². The highest BCUT2D eigenvalue weighted by atomic mass is 79.9. The first-order valence-electron chi connectivity index (χ1n) is 5.23. The molecule has 2 nitrogen and oxygen atoms in total. The van der Waals surface area contributed by atoms with Gasteiger partial charge in [-0.15, -0.1) is 0 Å². The molecule has 0 aromatic heterocycles. The molecule has 2 aromatic rings. The van der Waals surface area contributed by atoms with Gasteiger partial charge >= 0.3 is 0 Å². The summed E-state index contributed by atoms with van der Waals surface area (Å²) in [6.45, 7) is 0.357. The van der Waals surface area contributed by atoms with E-state index in [1.165, 1.54) is 12.1 Å². The number of hydrogen-bond acceptors (Lipinski definition) is 2. The summed E-state index contributed by atoms with van der Waals surface area (Å²) in [5.41, 5.74) is 1.34. The molecule has 0 radical (unpaired) electrons. The van der Waals surface area contributed by atoms with Crippen LogP contribution in [0.25, 0.3) is 0 Å². The number of anilines is 1. The molecule has 2 N–H and O–H groups in total. The lowest BCUT2D eigenvalue weighted by atomic mass is 10.2. The van der Waals surface area contributed by atoms with E-state index in [1.807, 2.05) is 0 Å². The first-order chi connectivity index (χ1) is 8.58. The third-order valence-electron chi connectivity index (χ3n) is 2.48. The fourth-order valence-corrected chi connectivity index (χ4v) is 2.27. The van der Waals surface area contributed by atoms with E-state index in [1.54, 1.807) is 24.3 Å². The summed E-state index contributed by atoms with van der Waals surface area (Å²) in [4.78, 5) is 0. The molecule has 0 unspecified atom stereocenters. The highest BCUT2D eigenvalue weighted by Gasteiger charge is 2.07. The Hall–Kier alpha value is -1.26. The van der Waals surface area contributed by atoms with E-state index >= 15 is 0 Å². The van der Waals surface area contributed by atoms with Crippen molar-refractivity contribution in [1.82, 2.24) is 0 Å². The number of aromatic hydroxyl groups is 1. The summed E-state index contributed by atoms with van der Waals surface area (Å²) >= 11 is 9.25. The van der Waals surface area contributed by atoms with Crippen molar-refractivity contribution in [1.29, 1.82) is 0 Å². The topological polar surface area (TPSA) is 32.3 Å². The van der Waals surface area contributed by atoms with Gasteiger partial charge in [0.05, 0.1) is 0 Å². The van der Waals surface area contributed by atoms with E-state index in [0.717, 1.165) is 5.69 Å². The molecule has 0 spiro atoms. The first kappa shape index (κ1) is 13.2. The van der Waals surface area contributed by atoms with Gasteiger partial charge in [0.25, 0.3) is 0 Å². The van der Waals surface area contributed by atoms with E-state index in [9.17, 15) is 9.50 Å². The fraction of sp³-hybridized carbons (Fsp3) is 0.0769. The fourth-order valence-electron chi connectivity index (χ4n) is 1.54. The normalized spacial score (nSPS) is 10.4. The van der Waals surface area contributed by atoms with Crippen molar-refractivity contribution in [3.63, 3.8) is 0 Å². The first-order valence-corrected chi connectivity index (χ1v) is 6.40. The van der Waals surface area contributed by atoms with Gasteiger partial charge in [0.1, 0.15) is 11.6 Å². The van der Waals surface area contributed by atoms with Crippen LogP contribution in [0.5, 0.6) is 5.75 Å².